The van der Waals surface area contributed by atoms with Gasteiger partial charge in [-0.05, 0) is 41.8 Å². The van der Waals surface area contributed by atoms with Gasteiger partial charge in [-0.15, -0.1) is 0 Å². The largest absolute Gasteiger partial charge is 0.393 e. The number of nitrogen functional groups attached to an aromatic ring is 1. The number of nitrogens with zero attached hydrogens (tertiary/aromatic N) is 2. The summed E-state index contributed by atoms with van der Waals surface area (Å²) >= 11 is 12.1. The second-order valence-corrected chi connectivity index (χ2v) is 6.98. The molecule has 0 bridgehead atoms. The molecular formula is C19H19Cl2N5. The SMILES string of the molecule is CC(C)c1ccc(Nc2ncnc(Nc3ccc(Cl)cc3Cl)c2N)cc1. The minimum atomic E-state index is 0.395. The van der Waals surface area contributed by atoms with Gasteiger partial charge in [0.05, 0.1) is 10.7 Å². The van der Waals surface area contributed by atoms with E-state index in [9.17, 15) is 0 Å². The van der Waals surface area contributed by atoms with Crippen molar-refractivity contribution in [2.24, 2.45) is 0 Å². The van der Waals surface area contributed by atoms with E-state index in [1.54, 1.807) is 18.2 Å². The van der Waals surface area contributed by atoms with Crippen molar-refractivity contribution in [2.75, 3.05) is 16.4 Å². The Morgan fingerprint density at radius 3 is 2.19 bits per heavy atom. The van der Waals surface area contributed by atoms with Gasteiger partial charge in [-0.1, -0.05) is 49.2 Å². The maximum absolute atomic E-state index is 6.22. The molecule has 4 N–H and O–H groups in total. The lowest BCUT2D eigenvalue weighted by molar-refractivity contribution is 0.867. The summed E-state index contributed by atoms with van der Waals surface area (Å²) in [5.41, 5.74) is 9.44. The standard InChI is InChI=1S/C19H19Cl2N5/c1-11(2)12-3-6-14(7-4-12)25-18-17(22)19(24-10-23-18)26-16-8-5-13(20)9-15(16)21/h3-11H,22H2,1-2H3,(H2,23,24,25,26). The molecule has 0 radical (unpaired) electrons. The van der Waals surface area contributed by atoms with Crippen LogP contribution in [0.4, 0.5) is 28.7 Å². The van der Waals surface area contributed by atoms with Gasteiger partial charge < -0.3 is 16.4 Å². The van der Waals surface area contributed by atoms with Gasteiger partial charge in [-0.2, -0.15) is 0 Å². The Labute approximate surface area is 162 Å². The highest BCUT2D eigenvalue weighted by molar-refractivity contribution is 6.36. The Balaban J connectivity index is 1.82. The van der Waals surface area contributed by atoms with Crippen LogP contribution in [0.3, 0.4) is 0 Å². The van der Waals surface area contributed by atoms with E-state index in [0.717, 1.165) is 5.69 Å². The zero-order chi connectivity index (χ0) is 18.7. The average molecular weight is 388 g/mol. The quantitative estimate of drug-likeness (QED) is 0.502. The molecule has 3 rings (SSSR count). The van der Waals surface area contributed by atoms with Crippen LogP contribution in [0.1, 0.15) is 25.3 Å². The molecule has 0 aliphatic rings. The van der Waals surface area contributed by atoms with Gasteiger partial charge in [0.25, 0.3) is 0 Å². The van der Waals surface area contributed by atoms with E-state index < -0.39 is 0 Å². The molecule has 0 spiro atoms. The second-order valence-electron chi connectivity index (χ2n) is 6.14. The number of hydrogen-bond acceptors (Lipinski definition) is 5. The van der Waals surface area contributed by atoms with E-state index in [2.05, 4.69) is 46.6 Å². The topological polar surface area (TPSA) is 75.9 Å². The van der Waals surface area contributed by atoms with Gasteiger partial charge >= 0.3 is 0 Å². The van der Waals surface area contributed by atoms with Crippen LogP contribution in [0.15, 0.2) is 48.8 Å². The lowest BCUT2D eigenvalue weighted by atomic mass is 10.0. The first-order valence-electron chi connectivity index (χ1n) is 8.13. The molecule has 26 heavy (non-hydrogen) atoms. The number of aromatic nitrogens is 2. The molecule has 0 amide bonds. The normalized spacial score (nSPS) is 10.8. The molecule has 0 unspecified atom stereocenters. The fraction of sp³-hybridized carbons (Fsp3) is 0.158. The number of benzene rings is 2. The summed E-state index contributed by atoms with van der Waals surface area (Å²) in [4.78, 5) is 8.43. The van der Waals surface area contributed by atoms with Crippen molar-refractivity contribution in [3.63, 3.8) is 0 Å². The summed E-state index contributed by atoms with van der Waals surface area (Å²) < 4.78 is 0. The Hall–Kier alpha value is -2.50. The number of nitrogens with one attached hydrogen (secondary N) is 2. The van der Waals surface area contributed by atoms with Gasteiger partial charge in [0.1, 0.15) is 12.0 Å². The van der Waals surface area contributed by atoms with Crippen LogP contribution in [0, 0.1) is 0 Å². The predicted octanol–water partition coefficient (Wildman–Crippen LogP) is 5.98. The maximum Gasteiger partial charge on any atom is 0.159 e. The zero-order valence-corrected chi connectivity index (χ0v) is 15.9. The van der Waals surface area contributed by atoms with E-state index in [0.29, 0.717) is 39.0 Å². The summed E-state index contributed by atoms with van der Waals surface area (Å²) in [6, 6.07) is 13.3. The lowest BCUT2D eigenvalue weighted by Gasteiger charge is -2.14. The number of anilines is 5. The molecule has 5 nitrogen and oxygen atoms in total. The number of hydrogen-bond donors (Lipinski definition) is 3. The molecule has 2 aromatic carbocycles. The minimum absolute atomic E-state index is 0.395. The fourth-order valence-corrected chi connectivity index (χ4v) is 2.86. The van der Waals surface area contributed by atoms with Gasteiger partial charge in [-0.3, -0.25) is 0 Å². The third-order valence-corrected chi connectivity index (χ3v) is 4.46. The molecule has 134 valence electrons. The first-order chi connectivity index (χ1) is 12.4. The van der Waals surface area contributed by atoms with Gasteiger partial charge in [0.2, 0.25) is 0 Å². The number of halogens is 2. The van der Waals surface area contributed by atoms with Crippen LogP contribution in [-0.2, 0) is 0 Å². The van der Waals surface area contributed by atoms with E-state index in [1.165, 1.54) is 11.9 Å². The summed E-state index contributed by atoms with van der Waals surface area (Å²) in [6.07, 6.45) is 1.44. The summed E-state index contributed by atoms with van der Waals surface area (Å²) in [5.74, 6) is 1.46. The minimum Gasteiger partial charge on any atom is -0.393 e. The van der Waals surface area contributed by atoms with Crippen LogP contribution in [0.5, 0.6) is 0 Å². The number of nitrogens with two attached hydrogens (primary N) is 1. The fourth-order valence-electron chi connectivity index (χ4n) is 2.40. The molecule has 0 aliphatic carbocycles. The Kier molecular flexibility index (Phi) is 5.49. The predicted molar refractivity (Wildman–Crippen MR) is 110 cm³/mol. The smallest absolute Gasteiger partial charge is 0.159 e. The van der Waals surface area contributed by atoms with Crippen molar-refractivity contribution < 1.29 is 0 Å². The molecule has 7 heteroatoms. The highest BCUT2D eigenvalue weighted by Crippen LogP contribution is 2.32. The third kappa shape index (κ3) is 4.18. The Bertz CT molecular complexity index is 910. The van der Waals surface area contributed by atoms with E-state index >= 15 is 0 Å². The van der Waals surface area contributed by atoms with E-state index in [-0.39, 0.29) is 0 Å². The van der Waals surface area contributed by atoms with Crippen LogP contribution in [-0.4, -0.2) is 9.97 Å². The van der Waals surface area contributed by atoms with Crippen LogP contribution >= 0.6 is 23.2 Å². The zero-order valence-electron chi connectivity index (χ0n) is 14.4. The van der Waals surface area contributed by atoms with Gasteiger partial charge in [0, 0.05) is 10.7 Å². The van der Waals surface area contributed by atoms with Crippen molar-refractivity contribution in [1.29, 1.82) is 0 Å². The summed E-state index contributed by atoms with van der Waals surface area (Å²) in [5, 5.41) is 7.37. The van der Waals surface area contributed by atoms with Crippen molar-refractivity contribution in [2.45, 2.75) is 19.8 Å². The van der Waals surface area contributed by atoms with E-state index in [1.807, 2.05) is 12.1 Å². The molecule has 0 aliphatic heterocycles. The molecule has 1 aromatic heterocycles. The van der Waals surface area contributed by atoms with Crippen molar-refractivity contribution >= 4 is 51.9 Å². The molecule has 0 atom stereocenters. The van der Waals surface area contributed by atoms with Crippen molar-refractivity contribution in [1.82, 2.24) is 9.97 Å². The second kappa shape index (κ2) is 7.81. The summed E-state index contributed by atoms with van der Waals surface area (Å²) in [6.45, 7) is 4.31. The summed E-state index contributed by atoms with van der Waals surface area (Å²) in [7, 11) is 0. The number of rotatable bonds is 5. The van der Waals surface area contributed by atoms with Crippen molar-refractivity contribution in [3.05, 3.63) is 64.4 Å². The highest BCUT2D eigenvalue weighted by Gasteiger charge is 2.11. The highest BCUT2D eigenvalue weighted by atomic mass is 35.5. The Morgan fingerprint density at radius 1 is 0.923 bits per heavy atom. The molecule has 0 fully saturated rings. The van der Waals surface area contributed by atoms with Crippen LogP contribution < -0.4 is 16.4 Å². The van der Waals surface area contributed by atoms with Crippen LogP contribution in [0.25, 0.3) is 0 Å². The Morgan fingerprint density at radius 2 is 1.58 bits per heavy atom. The first-order valence-corrected chi connectivity index (χ1v) is 8.89. The molecule has 3 aromatic rings. The van der Waals surface area contributed by atoms with Crippen molar-refractivity contribution in [3.8, 4) is 0 Å². The third-order valence-electron chi connectivity index (χ3n) is 3.91. The lowest BCUT2D eigenvalue weighted by Crippen LogP contribution is -2.05. The molecule has 0 saturated heterocycles. The average Bonchev–Trinajstić information content (AvgIpc) is 2.61. The molecule has 1 heterocycles. The van der Waals surface area contributed by atoms with Gasteiger partial charge in [-0.25, -0.2) is 9.97 Å². The van der Waals surface area contributed by atoms with Gasteiger partial charge in [0.15, 0.2) is 11.6 Å². The first kappa shape index (κ1) is 18.3. The van der Waals surface area contributed by atoms with E-state index in [4.69, 9.17) is 28.9 Å². The molecule has 0 saturated carbocycles. The molecular weight excluding hydrogens is 369 g/mol. The maximum atomic E-state index is 6.22. The van der Waals surface area contributed by atoms with Crippen LogP contribution in [0.2, 0.25) is 10.0 Å². The monoisotopic (exact) mass is 387 g/mol.